The van der Waals surface area contributed by atoms with Crippen molar-refractivity contribution in [2.24, 2.45) is 5.92 Å². The van der Waals surface area contributed by atoms with Crippen LogP contribution in [0.25, 0.3) is 22.2 Å². The van der Waals surface area contributed by atoms with Crippen molar-refractivity contribution in [2.45, 2.75) is 96.7 Å². The molecule has 0 spiro atoms. The molecule has 1 aliphatic carbocycles. The molecule has 0 bridgehead atoms. The van der Waals surface area contributed by atoms with Gasteiger partial charge in [-0.1, -0.05) is 11.6 Å². The first-order chi connectivity index (χ1) is 24.1. The number of ether oxygens (including phenoxy) is 3. The molecule has 268 valence electrons. The molecule has 2 saturated heterocycles. The van der Waals surface area contributed by atoms with Gasteiger partial charge in [0.25, 0.3) is 5.56 Å². The predicted molar refractivity (Wildman–Crippen MR) is 186 cm³/mol. The van der Waals surface area contributed by atoms with Gasteiger partial charge in [0.15, 0.2) is 12.0 Å². The smallest absolute Gasteiger partial charge is 0.410 e. The molecule has 2 aliphatic heterocycles. The molecule has 5 heterocycles. The quantitative estimate of drug-likeness (QED) is 0.214. The molecule has 3 aliphatic rings. The van der Waals surface area contributed by atoms with E-state index < -0.39 is 11.4 Å². The number of anilines is 1. The molecule has 2 atom stereocenters. The number of amides is 1. The standard InChI is InChI=1S/C36H47FN8O5/c1-36(2,3)50-35(47)44(19-24-9-7-10-24)25-11-8-13-41(20-25)32-17-33(46)42(21-29(32)37)23-43-22-30(39-40-43)27-15-26(48-4)16-31-28(27)18-38-45(31)34-12-5-6-14-49-34/h15-18,21-22,24-25,34H,5-14,19-20,23H2,1-4H3. The summed E-state index contributed by atoms with van der Waals surface area (Å²) in [5, 5.41) is 14.2. The van der Waals surface area contributed by atoms with Crippen molar-refractivity contribution in [1.29, 1.82) is 0 Å². The molecule has 4 aromatic rings. The highest BCUT2D eigenvalue weighted by atomic mass is 19.1. The maximum atomic E-state index is 15.8. The third-order valence-corrected chi connectivity index (χ3v) is 10.0. The van der Waals surface area contributed by atoms with Crippen molar-refractivity contribution in [3.05, 3.63) is 53.0 Å². The summed E-state index contributed by atoms with van der Waals surface area (Å²) in [6, 6.07) is 5.02. The second kappa shape index (κ2) is 14.0. The van der Waals surface area contributed by atoms with Gasteiger partial charge in [-0.25, -0.2) is 18.5 Å². The fourth-order valence-corrected chi connectivity index (χ4v) is 7.21. The number of hydrogen-bond donors (Lipinski definition) is 0. The fourth-order valence-electron chi connectivity index (χ4n) is 7.21. The summed E-state index contributed by atoms with van der Waals surface area (Å²) in [5.74, 6) is 0.589. The number of methoxy groups -OCH3 is 1. The van der Waals surface area contributed by atoms with Crippen LogP contribution in [-0.2, 0) is 16.1 Å². The van der Waals surface area contributed by atoms with Gasteiger partial charge >= 0.3 is 6.09 Å². The van der Waals surface area contributed by atoms with Crippen molar-refractivity contribution < 1.29 is 23.4 Å². The second-order valence-electron chi connectivity index (χ2n) is 14.8. The average Bonchev–Trinajstić information content (AvgIpc) is 3.72. The molecule has 50 heavy (non-hydrogen) atoms. The summed E-state index contributed by atoms with van der Waals surface area (Å²) in [6.07, 6.45) is 12.2. The molecule has 1 aromatic carbocycles. The molecule has 3 fully saturated rings. The van der Waals surface area contributed by atoms with E-state index in [-0.39, 0.29) is 36.3 Å². The zero-order chi connectivity index (χ0) is 35.0. The number of rotatable bonds is 9. The van der Waals surface area contributed by atoms with Crippen LogP contribution in [0.3, 0.4) is 0 Å². The summed E-state index contributed by atoms with van der Waals surface area (Å²) in [6.45, 7) is 7.92. The van der Waals surface area contributed by atoms with Crippen LogP contribution in [-0.4, -0.2) is 85.3 Å². The van der Waals surface area contributed by atoms with Crippen LogP contribution in [0.5, 0.6) is 5.75 Å². The summed E-state index contributed by atoms with van der Waals surface area (Å²) in [7, 11) is 1.61. The number of hydrogen-bond acceptors (Lipinski definition) is 9. The normalized spacial score (nSPS) is 20.1. The van der Waals surface area contributed by atoms with Gasteiger partial charge < -0.3 is 24.0 Å². The van der Waals surface area contributed by atoms with E-state index in [1.165, 1.54) is 27.9 Å². The van der Waals surface area contributed by atoms with Crippen LogP contribution in [0.15, 0.2) is 41.6 Å². The molecule has 0 radical (unpaired) electrons. The zero-order valence-corrected chi connectivity index (χ0v) is 29.4. The van der Waals surface area contributed by atoms with Gasteiger partial charge in [-0.2, -0.15) is 5.10 Å². The first-order valence-electron chi connectivity index (χ1n) is 17.8. The Balaban J connectivity index is 1.09. The monoisotopic (exact) mass is 690 g/mol. The largest absolute Gasteiger partial charge is 0.497 e. The lowest BCUT2D eigenvalue weighted by Crippen LogP contribution is -2.53. The van der Waals surface area contributed by atoms with Crippen molar-refractivity contribution in [1.82, 2.24) is 34.2 Å². The Morgan fingerprint density at radius 2 is 1.92 bits per heavy atom. The number of carbonyl (C=O) groups is 1. The van der Waals surface area contributed by atoms with E-state index in [2.05, 4.69) is 15.4 Å². The minimum Gasteiger partial charge on any atom is -0.497 e. The lowest BCUT2D eigenvalue weighted by Gasteiger charge is -2.43. The Morgan fingerprint density at radius 1 is 1.08 bits per heavy atom. The third kappa shape index (κ3) is 7.21. The number of piperidine rings is 1. The number of halogens is 1. The van der Waals surface area contributed by atoms with Crippen molar-refractivity contribution in [3.8, 4) is 17.0 Å². The summed E-state index contributed by atoms with van der Waals surface area (Å²) in [4.78, 5) is 30.4. The maximum absolute atomic E-state index is 15.8. The van der Waals surface area contributed by atoms with E-state index in [0.717, 1.165) is 61.4 Å². The van der Waals surface area contributed by atoms with E-state index >= 15 is 4.39 Å². The topological polar surface area (TPSA) is 122 Å². The Bertz CT molecular complexity index is 1890. The van der Waals surface area contributed by atoms with E-state index in [1.54, 1.807) is 19.5 Å². The maximum Gasteiger partial charge on any atom is 0.410 e. The Kier molecular flexibility index (Phi) is 9.55. The number of nitrogens with zero attached hydrogens (tertiary/aromatic N) is 8. The third-order valence-electron chi connectivity index (χ3n) is 10.0. The SMILES string of the molecule is COc1cc(-c2cn(Cn3cc(F)c(N4CCCC(N(CC5CCC5)C(=O)OC(C)(C)C)C4)cc3=O)nn2)c2cnn(C3CCCCO3)c2c1. The number of aromatic nitrogens is 6. The predicted octanol–water partition coefficient (Wildman–Crippen LogP) is 5.82. The van der Waals surface area contributed by atoms with Gasteiger partial charge in [0.05, 0.1) is 36.7 Å². The van der Waals surface area contributed by atoms with Crippen molar-refractivity contribution >= 4 is 22.7 Å². The van der Waals surface area contributed by atoms with Gasteiger partial charge in [0.1, 0.15) is 23.7 Å². The van der Waals surface area contributed by atoms with E-state index in [9.17, 15) is 9.59 Å². The summed E-state index contributed by atoms with van der Waals surface area (Å²) in [5.41, 5.74) is 1.47. The number of benzene rings is 1. The number of carbonyl (C=O) groups excluding carboxylic acids is 1. The van der Waals surface area contributed by atoms with Crippen LogP contribution in [0, 0.1) is 11.7 Å². The van der Waals surface area contributed by atoms with Crippen LogP contribution < -0.4 is 15.2 Å². The highest BCUT2D eigenvalue weighted by molar-refractivity contribution is 5.95. The fraction of sp³-hybridized carbons (Fsp3) is 0.583. The molecule has 1 amide bonds. The molecule has 2 unspecified atom stereocenters. The van der Waals surface area contributed by atoms with Crippen LogP contribution >= 0.6 is 0 Å². The van der Waals surface area contributed by atoms with Gasteiger partial charge in [-0.15, -0.1) is 5.10 Å². The van der Waals surface area contributed by atoms with Crippen LogP contribution in [0.1, 0.15) is 78.4 Å². The van der Waals surface area contributed by atoms with E-state index in [1.807, 2.05) is 47.4 Å². The van der Waals surface area contributed by atoms with E-state index in [0.29, 0.717) is 43.6 Å². The van der Waals surface area contributed by atoms with Gasteiger partial charge in [0, 0.05) is 55.5 Å². The number of fused-ring (bicyclic) bond motifs is 1. The summed E-state index contributed by atoms with van der Waals surface area (Å²) >= 11 is 0. The highest BCUT2D eigenvalue weighted by Gasteiger charge is 2.35. The second-order valence-corrected chi connectivity index (χ2v) is 14.8. The van der Waals surface area contributed by atoms with Crippen LogP contribution in [0.2, 0.25) is 0 Å². The van der Waals surface area contributed by atoms with Gasteiger partial charge in [0.2, 0.25) is 0 Å². The molecule has 14 heteroatoms. The first kappa shape index (κ1) is 34.0. The molecule has 0 N–H and O–H groups in total. The van der Waals surface area contributed by atoms with Gasteiger partial charge in [-0.3, -0.25) is 9.36 Å². The number of pyridine rings is 1. The minimum atomic E-state index is -0.613. The minimum absolute atomic E-state index is 0.0260. The molecular weight excluding hydrogens is 643 g/mol. The van der Waals surface area contributed by atoms with Crippen molar-refractivity contribution in [3.63, 3.8) is 0 Å². The first-order valence-corrected chi connectivity index (χ1v) is 17.8. The molecular formula is C36H47FN8O5. The molecule has 13 nitrogen and oxygen atoms in total. The van der Waals surface area contributed by atoms with E-state index in [4.69, 9.17) is 14.2 Å². The van der Waals surface area contributed by atoms with Crippen molar-refractivity contribution in [2.75, 3.05) is 38.3 Å². The van der Waals surface area contributed by atoms with Crippen LogP contribution in [0.4, 0.5) is 14.9 Å². The molecule has 1 saturated carbocycles. The highest BCUT2D eigenvalue weighted by Crippen LogP contribution is 2.35. The molecule has 7 rings (SSSR count). The lowest BCUT2D eigenvalue weighted by molar-refractivity contribution is -0.0366. The zero-order valence-electron chi connectivity index (χ0n) is 29.4. The Morgan fingerprint density at radius 3 is 2.64 bits per heavy atom. The Labute approximate surface area is 290 Å². The van der Waals surface area contributed by atoms with Gasteiger partial charge in [-0.05, 0) is 77.7 Å². The lowest BCUT2D eigenvalue weighted by atomic mass is 9.84. The Hall–Kier alpha value is -4.46. The average molecular weight is 691 g/mol. The summed E-state index contributed by atoms with van der Waals surface area (Å²) < 4.78 is 37.9. The molecule has 3 aromatic heterocycles.